The molecule has 4 heteroatoms. The lowest BCUT2D eigenvalue weighted by Crippen LogP contribution is -2.23. The third-order valence-corrected chi connectivity index (χ3v) is 4.27. The first-order valence-corrected chi connectivity index (χ1v) is 6.76. The van der Waals surface area contributed by atoms with Crippen LogP contribution in [0.2, 0.25) is 0 Å². The fraction of sp³-hybridized carbons (Fsp3) is 0.133. The Morgan fingerprint density at radius 3 is 2.74 bits per heavy atom. The topological polar surface area (TPSA) is 27.1 Å². The summed E-state index contributed by atoms with van der Waals surface area (Å²) in [5.41, 5.74) is 3.75. The second kappa shape index (κ2) is 4.46. The lowest BCUT2D eigenvalue weighted by atomic mass is 10.1. The molecule has 0 spiro atoms. The molecule has 0 amide bonds. The van der Waals surface area contributed by atoms with E-state index in [1.165, 1.54) is 12.1 Å². The number of benzene rings is 2. The maximum absolute atomic E-state index is 13.3. The van der Waals surface area contributed by atoms with Crippen molar-refractivity contribution in [1.82, 2.24) is 0 Å². The fourth-order valence-electron chi connectivity index (χ4n) is 2.32. The molecule has 0 unspecified atom stereocenters. The zero-order valence-corrected chi connectivity index (χ0v) is 12.0. The minimum atomic E-state index is -0.294. The number of amidine groups is 1. The molecule has 0 aliphatic carbocycles. The summed E-state index contributed by atoms with van der Waals surface area (Å²) in [6.07, 6.45) is 0. The van der Waals surface area contributed by atoms with Crippen molar-refractivity contribution in [2.45, 2.75) is 13.5 Å². The van der Waals surface area contributed by atoms with E-state index in [4.69, 9.17) is 5.41 Å². The predicted molar refractivity (Wildman–Crippen MR) is 78.3 cm³/mol. The first kappa shape index (κ1) is 12.4. The van der Waals surface area contributed by atoms with Crippen LogP contribution < -0.4 is 4.90 Å². The van der Waals surface area contributed by atoms with E-state index in [0.717, 1.165) is 21.3 Å². The first-order valence-electron chi connectivity index (χ1n) is 5.97. The Kier molecular flexibility index (Phi) is 2.90. The molecule has 2 aromatic rings. The molecule has 96 valence electrons. The second-order valence-electron chi connectivity index (χ2n) is 4.67. The molecule has 1 aliphatic heterocycles. The molecule has 0 bridgehead atoms. The monoisotopic (exact) mass is 318 g/mol. The van der Waals surface area contributed by atoms with Crippen LogP contribution in [0, 0.1) is 18.2 Å². The third-order valence-electron chi connectivity index (χ3n) is 3.38. The molecule has 1 N–H and O–H groups in total. The van der Waals surface area contributed by atoms with E-state index in [2.05, 4.69) is 15.9 Å². The zero-order chi connectivity index (χ0) is 13.6. The van der Waals surface area contributed by atoms with Gasteiger partial charge in [0, 0.05) is 15.7 Å². The van der Waals surface area contributed by atoms with Crippen molar-refractivity contribution < 1.29 is 4.39 Å². The third kappa shape index (κ3) is 2.06. The largest absolute Gasteiger partial charge is 0.322 e. The minimum Gasteiger partial charge on any atom is -0.322 e. The summed E-state index contributed by atoms with van der Waals surface area (Å²) >= 11 is 3.47. The number of nitrogens with zero attached hydrogens (tertiary/aromatic N) is 1. The van der Waals surface area contributed by atoms with Gasteiger partial charge in [-0.3, -0.25) is 5.41 Å². The summed E-state index contributed by atoms with van der Waals surface area (Å²) in [5, 5.41) is 8.19. The summed E-state index contributed by atoms with van der Waals surface area (Å²) in [4.78, 5) is 1.89. The molecular weight excluding hydrogens is 307 g/mol. The van der Waals surface area contributed by atoms with Crippen LogP contribution in [0.15, 0.2) is 40.9 Å². The van der Waals surface area contributed by atoms with Crippen LogP contribution in [0.3, 0.4) is 0 Å². The van der Waals surface area contributed by atoms with Gasteiger partial charge in [-0.05, 0) is 48.4 Å². The maximum Gasteiger partial charge on any atom is 0.133 e. The van der Waals surface area contributed by atoms with Gasteiger partial charge in [-0.25, -0.2) is 4.39 Å². The quantitative estimate of drug-likeness (QED) is 0.836. The van der Waals surface area contributed by atoms with Gasteiger partial charge < -0.3 is 4.90 Å². The molecule has 1 heterocycles. The van der Waals surface area contributed by atoms with Gasteiger partial charge in [0.15, 0.2) is 0 Å². The van der Waals surface area contributed by atoms with Gasteiger partial charge in [0.05, 0.1) is 6.54 Å². The van der Waals surface area contributed by atoms with E-state index < -0.39 is 0 Å². The Morgan fingerprint density at radius 2 is 2.00 bits per heavy atom. The molecule has 0 radical (unpaired) electrons. The zero-order valence-electron chi connectivity index (χ0n) is 10.4. The number of anilines is 1. The van der Waals surface area contributed by atoms with Crippen molar-refractivity contribution in [1.29, 1.82) is 5.41 Å². The van der Waals surface area contributed by atoms with Crippen LogP contribution in [0.4, 0.5) is 10.1 Å². The molecule has 0 saturated carbocycles. The van der Waals surface area contributed by atoms with E-state index in [1.807, 2.05) is 30.0 Å². The number of fused-ring (bicyclic) bond motifs is 1. The fourth-order valence-corrected chi connectivity index (χ4v) is 2.57. The van der Waals surface area contributed by atoms with E-state index >= 15 is 0 Å². The van der Waals surface area contributed by atoms with E-state index in [0.29, 0.717) is 17.9 Å². The highest BCUT2D eigenvalue weighted by Gasteiger charge is 2.25. The van der Waals surface area contributed by atoms with Crippen LogP contribution in [0.5, 0.6) is 0 Å². The molecule has 2 nitrogen and oxygen atoms in total. The van der Waals surface area contributed by atoms with Gasteiger partial charge in [0.1, 0.15) is 11.7 Å². The summed E-state index contributed by atoms with van der Waals surface area (Å²) in [7, 11) is 0. The smallest absolute Gasteiger partial charge is 0.133 e. The molecular formula is C15H12BrFN2. The molecule has 3 rings (SSSR count). The molecule has 1 aliphatic rings. The van der Waals surface area contributed by atoms with Gasteiger partial charge in [-0.2, -0.15) is 0 Å². The highest BCUT2D eigenvalue weighted by Crippen LogP contribution is 2.30. The van der Waals surface area contributed by atoms with Crippen LogP contribution >= 0.6 is 15.9 Å². The van der Waals surface area contributed by atoms with Gasteiger partial charge >= 0.3 is 0 Å². The van der Waals surface area contributed by atoms with Gasteiger partial charge in [0.25, 0.3) is 0 Å². The molecule has 2 aromatic carbocycles. The van der Waals surface area contributed by atoms with Crippen molar-refractivity contribution in [2.24, 2.45) is 0 Å². The summed E-state index contributed by atoms with van der Waals surface area (Å²) in [6, 6.07) is 10.6. The second-order valence-corrected chi connectivity index (χ2v) is 5.52. The van der Waals surface area contributed by atoms with Gasteiger partial charge in [-0.1, -0.05) is 22.0 Å². The predicted octanol–water partition coefficient (Wildman–Crippen LogP) is 4.24. The Labute approximate surface area is 119 Å². The summed E-state index contributed by atoms with van der Waals surface area (Å²) in [5.74, 6) is 0.0635. The summed E-state index contributed by atoms with van der Waals surface area (Å²) < 4.78 is 14.3. The van der Waals surface area contributed by atoms with Gasteiger partial charge in [-0.15, -0.1) is 0 Å². The normalized spacial score (nSPS) is 13.8. The SMILES string of the molecule is Cc1cc(N2Cc3ccc(F)cc3C2=N)ccc1Br. The Hall–Kier alpha value is -1.68. The average Bonchev–Trinajstić information content (AvgIpc) is 2.70. The van der Waals surface area contributed by atoms with E-state index in [1.54, 1.807) is 6.07 Å². The molecule has 0 aromatic heterocycles. The highest BCUT2D eigenvalue weighted by molar-refractivity contribution is 9.10. The highest BCUT2D eigenvalue weighted by atomic mass is 79.9. The van der Waals surface area contributed by atoms with Crippen LogP contribution in [-0.2, 0) is 6.54 Å². The van der Waals surface area contributed by atoms with E-state index in [9.17, 15) is 4.39 Å². The number of aryl methyl sites for hydroxylation is 1. The van der Waals surface area contributed by atoms with Crippen LogP contribution in [0.1, 0.15) is 16.7 Å². The number of rotatable bonds is 1. The van der Waals surface area contributed by atoms with Crippen molar-refractivity contribution in [2.75, 3.05) is 4.90 Å². The van der Waals surface area contributed by atoms with Crippen molar-refractivity contribution >= 4 is 27.5 Å². The Bertz CT molecular complexity index is 682. The molecule has 19 heavy (non-hydrogen) atoms. The lowest BCUT2D eigenvalue weighted by molar-refractivity contribution is 0.627. The Morgan fingerprint density at radius 1 is 1.21 bits per heavy atom. The number of hydrogen-bond acceptors (Lipinski definition) is 1. The van der Waals surface area contributed by atoms with E-state index in [-0.39, 0.29) is 5.82 Å². The van der Waals surface area contributed by atoms with Crippen LogP contribution in [-0.4, -0.2) is 5.84 Å². The lowest BCUT2D eigenvalue weighted by Gasteiger charge is -2.18. The first-order chi connectivity index (χ1) is 9.06. The van der Waals surface area contributed by atoms with Crippen molar-refractivity contribution in [3.05, 3.63) is 63.4 Å². The molecule has 0 saturated heterocycles. The van der Waals surface area contributed by atoms with Crippen molar-refractivity contribution in [3.63, 3.8) is 0 Å². The number of hydrogen-bond donors (Lipinski definition) is 1. The van der Waals surface area contributed by atoms with Crippen molar-refractivity contribution in [3.8, 4) is 0 Å². The Balaban J connectivity index is 2.01. The molecule has 0 fully saturated rings. The standard InChI is InChI=1S/C15H12BrFN2/c1-9-6-12(4-5-14(9)16)19-8-10-2-3-11(17)7-13(10)15(19)18/h2-7,18H,8H2,1H3. The maximum atomic E-state index is 13.3. The molecule has 0 atom stereocenters. The number of nitrogens with one attached hydrogen (secondary N) is 1. The summed E-state index contributed by atoms with van der Waals surface area (Å²) in [6.45, 7) is 2.63. The van der Waals surface area contributed by atoms with Gasteiger partial charge in [0.2, 0.25) is 0 Å². The minimum absolute atomic E-state index is 0.294. The average molecular weight is 319 g/mol. The number of halogens is 2. The van der Waals surface area contributed by atoms with Crippen LogP contribution in [0.25, 0.3) is 0 Å².